The van der Waals surface area contributed by atoms with Crippen molar-refractivity contribution in [2.24, 2.45) is 0 Å². The number of nitrogens with zero attached hydrogens (tertiary/aromatic N) is 1. The van der Waals surface area contributed by atoms with E-state index >= 15 is 0 Å². The van der Waals surface area contributed by atoms with Gasteiger partial charge in [0, 0.05) is 24.6 Å². The number of aromatic nitrogens is 1. The quantitative estimate of drug-likeness (QED) is 0.617. The summed E-state index contributed by atoms with van der Waals surface area (Å²) in [4.78, 5) is 28.2. The first-order chi connectivity index (χ1) is 14.1. The summed E-state index contributed by atoms with van der Waals surface area (Å²) in [5.74, 6) is 0.528. The molecule has 0 fully saturated rings. The SMILES string of the molecule is CCOc1ccc(CC(=O)Nc2ccc(CNC(=O)c3cccnc3)cc2)cc1. The second kappa shape index (κ2) is 10.0. The molecule has 6 nitrogen and oxygen atoms in total. The fourth-order valence-corrected chi connectivity index (χ4v) is 2.75. The van der Waals surface area contributed by atoms with Crippen LogP contribution in [0.1, 0.15) is 28.4 Å². The van der Waals surface area contributed by atoms with Gasteiger partial charge in [-0.1, -0.05) is 24.3 Å². The smallest absolute Gasteiger partial charge is 0.253 e. The Labute approximate surface area is 169 Å². The van der Waals surface area contributed by atoms with E-state index in [1.165, 1.54) is 6.20 Å². The van der Waals surface area contributed by atoms with Crippen LogP contribution in [0, 0.1) is 0 Å². The summed E-state index contributed by atoms with van der Waals surface area (Å²) in [7, 11) is 0. The number of pyridine rings is 1. The van der Waals surface area contributed by atoms with Gasteiger partial charge in [-0.05, 0) is 54.4 Å². The third-order valence-corrected chi connectivity index (χ3v) is 4.21. The van der Waals surface area contributed by atoms with Gasteiger partial charge in [0.2, 0.25) is 5.91 Å². The summed E-state index contributed by atoms with van der Waals surface area (Å²) in [6, 6.07) is 18.3. The Bertz CT molecular complexity index is 939. The van der Waals surface area contributed by atoms with Crippen LogP contribution < -0.4 is 15.4 Å². The van der Waals surface area contributed by atoms with E-state index in [9.17, 15) is 9.59 Å². The van der Waals surface area contributed by atoms with Crippen LogP contribution in [0.3, 0.4) is 0 Å². The molecule has 1 heterocycles. The zero-order chi connectivity index (χ0) is 20.5. The van der Waals surface area contributed by atoms with Crippen molar-refractivity contribution in [3.8, 4) is 5.75 Å². The van der Waals surface area contributed by atoms with Gasteiger partial charge in [0.1, 0.15) is 5.75 Å². The van der Waals surface area contributed by atoms with Crippen molar-refractivity contribution in [3.63, 3.8) is 0 Å². The topological polar surface area (TPSA) is 80.3 Å². The average molecular weight is 389 g/mol. The fourth-order valence-electron chi connectivity index (χ4n) is 2.75. The summed E-state index contributed by atoms with van der Waals surface area (Å²) in [6.07, 6.45) is 3.44. The number of benzene rings is 2. The second-order valence-electron chi connectivity index (χ2n) is 6.42. The van der Waals surface area contributed by atoms with Gasteiger partial charge in [-0.25, -0.2) is 0 Å². The van der Waals surface area contributed by atoms with Gasteiger partial charge in [0.25, 0.3) is 5.91 Å². The van der Waals surface area contributed by atoms with Crippen molar-refractivity contribution in [1.82, 2.24) is 10.3 Å². The average Bonchev–Trinajstić information content (AvgIpc) is 2.75. The Morgan fingerprint density at radius 2 is 1.69 bits per heavy atom. The number of carbonyl (C=O) groups excluding carboxylic acids is 2. The molecule has 0 atom stereocenters. The van der Waals surface area contributed by atoms with E-state index in [0.717, 1.165) is 16.9 Å². The molecule has 0 bridgehead atoms. The highest BCUT2D eigenvalue weighted by Gasteiger charge is 2.07. The molecule has 6 heteroatoms. The van der Waals surface area contributed by atoms with Gasteiger partial charge in [0.15, 0.2) is 0 Å². The zero-order valence-electron chi connectivity index (χ0n) is 16.2. The van der Waals surface area contributed by atoms with Gasteiger partial charge in [0.05, 0.1) is 18.6 Å². The second-order valence-corrected chi connectivity index (χ2v) is 6.42. The fraction of sp³-hybridized carbons (Fsp3) is 0.174. The number of hydrogen-bond acceptors (Lipinski definition) is 4. The number of nitrogens with one attached hydrogen (secondary N) is 2. The molecule has 29 heavy (non-hydrogen) atoms. The Hall–Kier alpha value is -3.67. The zero-order valence-corrected chi connectivity index (χ0v) is 16.2. The molecular formula is C23H23N3O3. The number of carbonyl (C=O) groups is 2. The molecule has 148 valence electrons. The van der Waals surface area contributed by atoms with Crippen LogP contribution in [0.15, 0.2) is 73.1 Å². The number of hydrogen-bond donors (Lipinski definition) is 2. The molecular weight excluding hydrogens is 366 g/mol. The lowest BCUT2D eigenvalue weighted by Gasteiger charge is -2.09. The number of ether oxygens (including phenoxy) is 1. The van der Waals surface area contributed by atoms with Crippen LogP contribution in [0.5, 0.6) is 5.75 Å². The molecule has 3 aromatic rings. The van der Waals surface area contributed by atoms with Gasteiger partial charge in [-0.3, -0.25) is 14.6 Å². The minimum absolute atomic E-state index is 0.0909. The van der Waals surface area contributed by atoms with E-state index in [2.05, 4.69) is 15.6 Å². The Morgan fingerprint density at radius 3 is 2.34 bits per heavy atom. The molecule has 2 amide bonds. The third kappa shape index (κ3) is 6.17. The first-order valence-electron chi connectivity index (χ1n) is 9.43. The lowest BCUT2D eigenvalue weighted by molar-refractivity contribution is -0.115. The van der Waals surface area contributed by atoms with Crippen LogP contribution in [-0.2, 0) is 17.8 Å². The van der Waals surface area contributed by atoms with Crippen LogP contribution in [0.4, 0.5) is 5.69 Å². The van der Waals surface area contributed by atoms with Crippen LogP contribution in [0.25, 0.3) is 0 Å². The minimum Gasteiger partial charge on any atom is -0.494 e. The molecule has 0 saturated heterocycles. The molecule has 0 unspecified atom stereocenters. The van der Waals surface area contributed by atoms with E-state index in [1.54, 1.807) is 18.3 Å². The molecule has 0 spiro atoms. The number of rotatable bonds is 8. The van der Waals surface area contributed by atoms with Gasteiger partial charge in [-0.2, -0.15) is 0 Å². The first kappa shape index (κ1) is 20.1. The van der Waals surface area contributed by atoms with Crippen molar-refractivity contribution < 1.29 is 14.3 Å². The summed E-state index contributed by atoms with van der Waals surface area (Å²) < 4.78 is 5.40. The van der Waals surface area contributed by atoms with Gasteiger partial charge < -0.3 is 15.4 Å². The standard InChI is InChI=1S/C23H23N3O3/c1-2-29-21-11-7-17(8-12-21)14-22(27)26-20-9-5-18(6-10-20)15-25-23(28)19-4-3-13-24-16-19/h3-13,16H,2,14-15H2,1H3,(H,25,28)(H,26,27). The molecule has 0 aliphatic carbocycles. The highest BCUT2D eigenvalue weighted by molar-refractivity contribution is 5.94. The maximum Gasteiger partial charge on any atom is 0.253 e. The Morgan fingerprint density at radius 1 is 0.966 bits per heavy atom. The lowest BCUT2D eigenvalue weighted by atomic mass is 10.1. The Kier molecular flexibility index (Phi) is 6.95. The predicted molar refractivity (Wildman–Crippen MR) is 112 cm³/mol. The maximum absolute atomic E-state index is 12.2. The van der Waals surface area contributed by atoms with Crippen molar-refractivity contribution in [2.45, 2.75) is 19.9 Å². The van der Waals surface area contributed by atoms with Crippen molar-refractivity contribution in [1.29, 1.82) is 0 Å². The monoisotopic (exact) mass is 389 g/mol. The molecule has 0 aliphatic rings. The third-order valence-electron chi connectivity index (χ3n) is 4.21. The van der Waals surface area contributed by atoms with Crippen molar-refractivity contribution in [3.05, 3.63) is 89.7 Å². The molecule has 0 saturated carbocycles. The molecule has 0 aliphatic heterocycles. The normalized spacial score (nSPS) is 10.2. The summed E-state index contributed by atoms with van der Waals surface area (Å²) in [5.41, 5.74) is 3.08. The van der Waals surface area contributed by atoms with E-state index in [-0.39, 0.29) is 18.2 Å². The lowest BCUT2D eigenvalue weighted by Crippen LogP contribution is -2.22. The van der Waals surface area contributed by atoms with Crippen molar-refractivity contribution >= 4 is 17.5 Å². The van der Waals surface area contributed by atoms with E-state index in [1.807, 2.05) is 55.5 Å². The molecule has 3 rings (SSSR count). The summed E-state index contributed by atoms with van der Waals surface area (Å²) in [6.45, 7) is 2.94. The predicted octanol–water partition coefficient (Wildman–Crippen LogP) is 3.59. The summed E-state index contributed by atoms with van der Waals surface area (Å²) in [5, 5.41) is 5.73. The van der Waals surface area contributed by atoms with Crippen LogP contribution in [-0.4, -0.2) is 23.4 Å². The van der Waals surface area contributed by atoms with Crippen LogP contribution >= 0.6 is 0 Å². The van der Waals surface area contributed by atoms with E-state index < -0.39 is 0 Å². The minimum atomic E-state index is -0.175. The largest absolute Gasteiger partial charge is 0.494 e. The molecule has 2 aromatic carbocycles. The summed E-state index contributed by atoms with van der Waals surface area (Å²) >= 11 is 0. The van der Waals surface area contributed by atoms with Gasteiger partial charge >= 0.3 is 0 Å². The number of anilines is 1. The van der Waals surface area contributed by atoms with E-state index in [0.29, 0.717) is 24.4 Å². The van der Waals surface area contributed by atoms with E-state index in [4.69, 9.17) is 4.74 Å². The maximum atomic E-state index is 12.2. The van der Waals surface area contributed by atoms with Gasteiger partial charge in [-0.15, -0.1) is 0 Å². The Balaban J connectivity index is 1.48. The first-order valence-corrected chi connectivity index (χ1v) is 9.43. The molecule has 2 N–H and O–H groups in total. The molecule has 1 aromatic heterocycles. The highest BCUT2D eigenvalue weighted by Crippen LogP contribution is 2.14. The highest BCUT2D eigenvalue weighted by atomic mass is 16.5. The van der Waals surface area contributed by atoms with Crippen molar-refractivity contribution in [2.75, 3.05) is 11.9 Å². The van der Waals surface area contributed by atoms with Crippen LogP contribution in [0.2, 0.25) is 0 Å². The number of amides is 2. The molecule has 0 radical (unpaired) electrons.